The minimum Gasteiger partial charge on any atom is -0.360 e. The van der Waals surface area contributed by atoms with E-state index in [4.69, 9.17) is 11.6 Å². The number of halogens is 1. The maximum Gasteiger partial charge on any atom is 0.282 e. The Morgan fingerprint density at radius 2 is 1.76 bits per heavy atom. The number of benzene rings is 2. The fourth-order valence-corrected chi connectivity index (χ4v) is 4.32. The third-order valence-electron chi connectivity index (χ3n) is 6.10. The number of aryl methyl sites for hydroxylation is 2. The van der Waals surface area contributed by atoms with E-state index in [1.54, 1.807) is 0 Å². The summed E-state index contributed by atoms with van der Waals surface area (Å²) in [6.07, 6.45) is 0. The molecule has 4 nitrogen and oxygen atoms in total. The number of hydrogen-bond acceptors (Lipinski definition) is 2. The molecule has 2 aromatic rings. The second kappa shape index (κ2) is 9.19. The molecule has 29 heavy (non-hydrogen) atoms. The van der Waals surface area contributed by atoms with Crippen LogP contribution in [0.15, 0.2) is 36.4 Å². The van der Waals surface area contributed by atoms with Gasteiger partial charge in [-0.3, -0.25) is 4.79 Å². The number of nitrogens with zero attached hydrogens (tertiary/aromatic N) is 1. The lowest BCUT2D eigenvalue weighted by molar-refractivity contribution is -0.914. The maximum atomic E-state index is 13.0. The van der Waals surface area contributed by atoms with E-state index in [-0.39, 0.29) is 11.9 Å². The van der Waals surface area contributed by atoms with E-state index in [9.17, 15) is 4.79 Å². The molecular formula is C24H33ClN3O+. The molecule has 1 aliphatic heterocycles. The minimum absolute atomic E-state index is 0.0859. The molecule has 1 saturated heterocycles. The predicted molar refractivity (Wildman–Crippen MR) is 122 cm³/mol. The number of hydrogen-bond donors (Lipinski definition) is 2. The van der Waals surface area contributed by atoms with Crippen LogP contribution in [0.25, 0.3) is 0 Å². The lowest BCUT2D eigenvalue weighted by atomic mass is 9.98. The quantitative estimate of drug-likeness (QED) is 0.780. The maximum absolute atomic E-state index is 13.0. The van der Waals surface area contributed by atoms with Crippen molar-refractivity contribution >= 4 is 28.9 Å². The number of carbonyl (C=O) groups is 1. The third kappa shape index (κ3) is 4.93. The number of rotatable bonds is 5. The fraction of sp³-hybridized carbons (Fsp3) is 0.458. The molecule has 2 aromatic carbocycles. The average Bonchev–Trinajstić information content (AvgIpc) is 2.70. The topological polar surface area (TPSA) is 36.8 Å². The van der Waals surface area contributed by atoms with Crippen molar-refractivity contribution in [1.82, 2.24) is 0 Å². The van der Waals surface area contributed by atoms with Crippen LogP contribution in [0.3, 0.4) is 0 Å². The van der Waals surface area contributed by atoms with Crippen LogP contribution in [0, 0.1) is 13.8 Å². The van der Waals surface area contributed by atoms with Crippen LogP contribution in [-0.2, 0) is 4.79 Å². The van der Waals surface area contributed by atoms with Crippen molar-refractivity contribution in [3.8, 4) is 0 Å². The summed E-state index contributed by atoms with van der Waals surface area (Å²) in [5.41, 5.74) is 5.74. The van der Waals surface area contributed by atoms with Crippen molar-refractivity contribution in [2.75, 3.05) is 36.4 Å². The van der Waals surface area contributed by atoms with E-state index in [0.29, 0.717) is 5.92 Å². The van der Waals surface area contributed by atoms with Crippen molar-refractivity contribution < 1.29 is 9.69 Å². The highest BCUT2D eigenvalue weighted by atomic mass is 35.5. The molecule has 0 radical (unpaired) electrons. The van der Waals surface area contributed by atoms with E-state index in [0.717, 1.165) is 42.5 Å². The summed E-state index contributed by atoms with van der Waals surface area (Å²) in [6, 6.07) is 12.2. The number of carbonyl (C=O) groups excluding carboxylic acids is 1. The van der Waals surface area contributed by atoms with E-state index < -0.39 is 0 Å². The van der Waals surface area contributed by atoms with Crippen LogP contribution in [0.2, 0.25) is 5.02 Å². The van der Waals surface area contributed by atoms with Crippen LogP contribution in [-0.4, -0.2) is 38.1 Å². The first-order chi connectivity index (χ1) is 13.8. The Bertz CT molecular complexity index is 872. The SMILES string of the molecule is Cc1ccc(Cl)cc1N1CC[NH+]([C@H](C)C(=O)Nc2c(C)cccc2C(C)C)CC1. The standard InChI is InChI=1S/C24H32ClN3O/c1-16(2)21-8-6-7-18(4)23(21)26-24(29)19(5)27-11-13-28(14-12-27)22-15-20(25)10-9-17(22)3/h6-10,15-16,19H,11-14H2,1-5H3,(H,26,29)/p+1/t19-/m1/s1. The normalized spacial score (nSPS) is 16.2. The van der Waals surface area contributed by atoms with Crippen molar-refractivity contribution in [1.29, 1.82) is 0 Å². The Morgan fingerprint density at radius 1 is 1.07 bits per heavy atom. The number of nitrogens with one attached hydrogen (secondary N) is 2. The number of piperazine rings is 1. The van der Waals surface area contributed by atoms with E-state index in [2.05, 4.69) is 62.2 Å². The Balaban J connectivity index is 1.65. The molecule has 0 bridgehead atoms. The van der Waals surface area contributed by atoms with Crippen molar-refractivity contribution in [3.63, 3.8) is 0 Å². The number of para-hydroxylation sites is 1. The van der Waals surface area contributed by atoms with Crippen LogP contribution >= 0.6 is 11.6 Å². The number of quaternary nitrogens is 1. The highest BCUT2D eigenvalue weighted by Crippen LogP contribution is 2.27. The van der Waals surface area contributed by atoms with Gasteiger partial charge in [-0.15, -0.1) is 0 Å². The molecule has 1 amide bonds. The Kier molecular flexibility index (Phi) is 6.86. The third-order valence-corrected chi connectivity index (χ3v) is 6.33. The molecule has 1 heterocycles. The largest absolute Gasteiger partial charge is 0.360 e. The Morgan fingerprint density at radius 3 is 2.41 bits per heavy atom. The highest BCUT2D eigenvalue weighted by Gasteiger charge is 2.30. The summed E-state index contributed by atoms with van der Waals surface area (Å²) in [7, 11) is 0. The molecule has 0 saturated carbocycles. The minimum atomic E-state index is -0.0859. The van der Waals surface area contributed by atoms with Gasteiger partial charge >= 0.3 is 0 Å². The summed E-state index contributed by atoms with van der Waals surface area (Å²) < 4.78 is 0. The monoisotopic (exact) mass is 414 g/mol. The van der Waals surface area contributed by atoms with Gasteiger partial charge in [0.15, 0.2) is 6.04 Å². The Labute approximate surface area is 179 Å². The Hall–Kier alpha value is -2.04. The molecule has 1 atom stereocenters. The molecule has 3 rings (SSSR count). The van der Waals surface area contributed by atoms with Gasteiger partial charge in [0, 0.05) is 16.4 Å². The van der Waals surface area contributed by atoms with Gasteiger partial charge < -0.3 is 15.1 Å². The molecule has 5 heteroatoms. The zero-order valence-electron chi connectivity index (χ0n) is 18.2. The second-order valence-corrected chi connectivity index (χ2v) is 8.92. The van der Waals surface area contributed by atoms with Gasteiger partial charge in [0.25, 0.3) is 5.91 Å². The van der Waals surface area contributed by atoms with E-state index in [1.165, 1.54) is 21.7 Å². The second-order valence-electron chi connectivity index (χ2n) is 8.48. The van der Waals surface area contributed by atoms with Crippen molar-refractivity contribution in [2.45, 2.75) is 46.6 Å². The first-order valence-corrected chi connectivity index (χ1v) is 10.9. The molecule has 0 aliphatic carbocycles. The number of anilines is 2. The summed E-state index contributed by atoms with van der Waals surface area (Å²) in [6.45, 7) is 14.3. The van der Waals surface area contributed by atoms with Gasteiger partial charge in [-0.2, -0.15) is 0 Å². The zero-order valence-corrected chi connectivity index (χ0v) is 18.9. The van der Waals surface area contributed by atoms with Crippen molar-refractivity contribution in [2.24, 2.45) is 0 Å². The lowest BCUT2D eigenvalue weighted by Crippen LogP contribution is -3.19. The number of amides is 1. The molecule has 156 valence electrons. The van der Waals surface area contributed by atoms with Gasteiger partial charge in [0.2, 0.25) is 0 Å². The molecule has 2 N–H and O–H groups in total. The molecule has 1 fully saturated rings. The van der Waals surface area contributed by atoms with Crippen LogP contribution in [0.5, 0.6) is 0 Å². The lowest BCUT2D eigenvalue weighted by Gasteiger charge is -2.36. The van der Waals surface area contributed by atoms with Crippen LogP contribution < -0.4 is 15.1 Å². The summed E-state index contributed by atoms with van der Waals surface area (Å²) >= 11 is 6.20. The van der Waals surface area contributed by atoms with E-state index >= 15 is 0 Å². The molecule has 0 spiro atoms. The van der Waals surface area contributed by atoms with Gasteiger partial charge in [-0.05, 0) is 55.5 Å². The molecular weight excluding hydrogens is 382 g/mol. The van der Waals surface area contributed by atoms with Gasteiger partial charge in [0.1, 0.15) is 0 Å². The fourth-order valence-electron chi connectivity index (χ4n) is 4.15. The first kappa shape index (κ1) is 21.7. The zero-order chi connectivity index (χ0) is 21.1. The van der Waals surface area contributed by atoms with Gasteiger partial charge in [-0.1, -0.05) is 49.7 Å². The summed E-state index contributed by atoms with van der Waals surface area (Å²) in [4.78, 5) is 16.7. The van der Waals surface area contributed by atoms with Crippen LogP contribution in [0.4, 0.5) is 11.4 Å². The van der Waals surface area contributed by atoms with Crippen LogP contribution in [0.1, 0.15) is 43.4 Å². The average molecular weight is 415 g/mol. The van der Waals surface area contributed by atoms with E-state index in [1.807, 2.05) is 19.1 Å². The molecule has 0 aromatic heterocycles. The smallest absolute Gasteiger partial charge is 0.282 e. The molecule has 1 aliphatic rings. The van der Waals surface area contributed by atoms with Gasteiger partial charge in [-0.25, -0.2) is 0 Å². The summed E-state index contributed by atoms with van der Waals surface area (Å²) in [5.74, 6) is 0.473. The highest BCUT2D eigenvalue weighted by molar-refractivity contribution is 6.30. The summed E-state index contributed by atoms with van der Waals surface area (Å²) in [5, 5.41) is 4.00. The molecule has 0 unspecified atom stereocenters. The van der Waals surface area contributed by atoms with Crippen molar-refractivity contribution in [3.05, 3.63) is 58.1 Å². The first-order valence-electron chi connectivity index (χ1n) is 10.5. The van der Waals surface area contributed by atoms with Gasteiger partial charge in [0.05, 0.1) is 26.2 Å². The predicted octanol–water partition coefficient (Wildman–Crippen LogP) is 3.81.